The third-order valence-electron chi connectivity index (χ3n) is 2.10. The van der Waals surface area contributed by atoms with Crippen LogP contribution in [0.5, 0.6) is 0 Å². The van der Waals surface area contributed by atoms with Crippen molar-refractivity contribution in [2.24, 2.45) is 0 Å². The van der Waals surface area contributed by atoms with Crippen LogP contribution in [0, 0.1) is 6.92 Å². The Morgan fingerprint density at radius 2 is 2.33 bits per heavy atom. The average Bonchev–Trinajstić information content (AvgIpc) is 2.61. The standard InChI is InChI=1S/C11H16ClNOS/c1-8-5-6-10(15-8)9(2)13-11(14)4-3-7-12/h5-6,9H,3-4,7H2,1-2H3,(H,13,14). The van der Waals surface area contributed by atoms with Crippen molar-refractivity contribution >= 4 is 28.8 Å². The normalized spacial score (nSPS) is 12.5. The van der Waals surface area contributed by atoms with Crippen molar-refractivity contribution in [3.05, 3.63) is 21.9 Å². The van der Waals surface area contributed by atoms with E-state index < -0.39 is 0 Å². The summed E-state index contributed by atoms with van der Waals surface area (Å²) in [6.45, 7) is 4.07. The van der Waals surface area contributed by atoms with Crippen LogP contribution in [0.1, 0.15) is 35.6 Å². The second kappa shape index (κ2) is 6.13. The molecule has 0 saturated carbocycles. The number of aryl methyl sites for hydroxylation is 1. The summed E-state index contributed by atoms with van der Waals surface area (Å²) >= 11 is 7.25. The molecule has 1 aromatic rings. The summed E-state index contributed by atoms with van der Waals surface area (Å²) in [5.41, 5.74) is 0. The Balaban J connectivity index is 2.41. The van der Waals surface area contributed by atoms with E-state index in [-0.39, 0.29) is 11.9 Å². The van der Waals surface area contributed by atoms with Gasteiger partial charge in [-0.3, -0.25) is 4.79 Å². The molecule has 1 rings (SSSR count). The minimum Gasteiger partial charge on any atom is -0.349 e. The maximum atomic E-state index is 11.4. The van der Waals surface area contributed by atoms with Crippen molar-refractivity contribution in [3.63, 3.8) is 0 Å². The van der Waals surface area contributed by atoms with Crippen LogP contribution in [0.4, 0.5) is 0 Å². The highest BCUT2D eigenvalue weighted by Gasteiger charge is 2.10. The molecule has 1 amide bonds. The fraction of sp³-hybridized carbons (Fsp3) is 0.545. The fourth-order valence-corrected chi connectivity index (χ4v) is 2.31. The summed E-state index contributed by atoms with van der Waals surface area (Å²) < 4.78 is 0. The maximum absolute atomic E-state index is 11.4. The van der Waals surface area contributed by atoms with Gasteiger partial charge in [-0.1, -0.05) is 0 Å². The maximum Gasteiger partial charge on any atom is 0.220 e. The SMILES string of the molecule is Cc1ccc(C(C)NC(=O)CCCCl)s1. The van der Waals surface area contributed by atoms with Crippen molar-refractivity contribution in [2.75, 3.05) is 5.88 Å². The summed E-state index contributed by atoms with van der Waals surface area (Å²) in [5.74, 6) is 0.620. The Bertz CT molecular complexity index is 324. The van der Waals surface area contributed by atoms with Gasteiger partial charge < -0.3 is 5.32 Å². The van der Waals surface area contributed by atoms with Crippen LogP contribution in [0.3, 0.4) is 0 Å². The summed E-state index contributed by atoms with van der Waals surface area (Å²) in [7, 11) is 0. The minimum absolute atomic E-state index is 0.0780. The van der Waals surface area contributed by atoms with Crippen LogP contribution in [0.2, 0.25) is 0 Å². The molecule has 0 spiro atoms. The van der Waals surface area contributed by atoms with E-state index in [0.717, 1.165) is 6.42 Å². The number of alkyl halides is 1. The first-order chi connectivity index (χ1) is 7.13. The molecule has 0 fully saturated rings. The van der Waals surface area contributed by atoms with Gasteiger partial charge in [0.2, 0.25) is 5.91 Å². The van der Waals surface area contributed by atoms with E-state index in [1.165, 1.54) is 9.75 Å². The van der Waals surface area contributed by atoms with Crippen LogP contribution < -0.4 is 5.32 Å². The molecule has 0 saturated heterocycles. The first kappa shape index (κ1) is 12.5. The van der Waals surface area contributed by atoms with Crippen molar-refractivity contribution in [3.8, 4) is 0 Å². The van der Waals surface area contributed by atoms with Gasteiger partial charge in [0.15, 0.2) is 0 Å². The molecule has 0 radical (unpaired) electrons. The summed E-state index contributed by atoms with van der Waals surface area (Å²) in [6, 6.07) is 4.24. The predicted molar refractivity (Wildman–Crippen MR) is 65.6 cm³/mol. The zero-order valence-corrected chi connectivity index (χ0v) is 10.6. The van der Waals surface area contributed by atoms with Crippen molar-refractivity contribution in [1.29, 1.82) is 0 Å². The van der Waals surface area contributed by atoms with Gasteiger partial charge in [0.25, 0.3) is 0 Å². The molecular weight excluding hydrogens is 230 g/mol. The van der Waals surface area contributed by atoms with E-state index in [1.54, 1.807) is 11.3 Å². The van der Waals surface area contributed by atoms with Crippen LogP contribution in [0.15, 0.2) is 12.1 Å². The number of thiophene rings is 1. The lowest BCUT2D eigenvalue weighted by molar-refractivity contribution is -0.121. The number of carbonyl (C=O) groups is 1. The molecule has 4 heteroatoms. The van der Waals surface area contributed by atoms with Crippen LogP contribution in [-0.4, -0.2) is 11.8 Å². The number of hydrogen-bond donors (Lipinski definition) is 1. The largest absolute Gasteiger partial charge is 0.349 e. The lowest BCUT2D eigenvalue weighted by atomic mass is 10.2. The van der Waals surface area contributed by atoms with Gasteiger partial charge in [-0.2, -0.15) is 0 Å². The number of hydrogen-bond acceptors (Lipinski definition) is 2. The average molecular weight is 246 g/mol. The van der Waals surface area contributed by atoms with Crippen molar-refractivity contribution in [1.82, 2.24) is 5.32 Å². The number of nitrogens with one attached hydrogen (secondary N) is 1. The van der Waals surface area contributed by atoms with Gasteiger partial charge in [-0.15, -0.1) is 22.9 Å². The number of amides is 1. The van der Waals surface area contributed by atoms with Gasteiger partial charge in [-0.25, -0.2) is 0 Å². The van der Waals surface area contributed by atoms with Gasteiger partial charge in [0.05, 0.1) is 6.04 Å². The molecule has 1 N–H and O–H groups in total. The molecule has 0 aromatic carbocycles. The number of halogens is 1. The zero-order valence-electron chi connectivity index (χ0n) is 9.05. The Hall–Kier alpha value is -0.540. The highest BCUT2D eigenvalue weighted by Crippen LogP contribution is 2.22. The molecule has 1 unspecified atom stereocenters. The van der Waals surface area contributed by atoms with E-state index >= 15 is 0 Å². The van der Waals surface area contributed by atoms with Gasteiger partial charge >= 0.3 is 0 Å². The molecule has 0 aliphatic rings. The second-order valence-corrected chi connectivity index (χ2v) is 5.23. The Kier molecular flexibility index (Phi) is 5.12. The summed E-state index contributed by atoms with van der Waals surface area (Å²) in [6.07, 6.45) is 1.25. The number of rotatable bonds is 5. The highest BCUT2D eigenvalue weighted by molar-refractivity contribution is 7.12. The molecule has 1 atom stereocenters. The molecule has 15 heavy (non-hydrogen) atoms. The second-order valence-electron chi connectivity index (χ2n) is 3.53. The van der Waals surface area contributed by atoms with Crippen molar-refractivity contribution < 1.29 is 4.79 Å². The van der Waals surface area contributed by atoms with Gasteiger partial charge in [-0.05, 0) is 32.4 Å². The van der Waals surface area contributed by atoms with E-state index in [1.807, 2.05) is 6.92 Å². The van der Waals surface area contributed by atoms with E-state index in [0.29, 0.717) is 12.3 Å². The van der Waals surface area contributed by atoms with Crippen LogP contribution in [-0.2, 0) is 4.79 Å². The topological polar surface area (TPSA) is 29.1 Å². The first-order valence-electron chi connectivity index (χ1n) is 5.05. The molecule has 1 heterocycles. The highest BCUT2D eigenvalue weighted by atomic mass is 35.5. The third kappa shape index (κ3) is 4.22. The van der Waals surface area contributed by atoms with E-state index in [2.05, 4.69) is 24.4 Å². The number of carbonyl (C=O) groups excluding carboxylic acids is 1. The molecule has 1 aromatic heterocycles. The van der Waals surface area contributed by atoms with Crippen LogP contribution >= 0.6 is 22.9 Å². The predicted octanol–water partition coefficient (Wildman–Crippen LogP) is 3.25. The lowest BCUT2D eigenvalue weighted by Crippen LogP contribution is -2.25. The lowest BCUT2D eigenvalue weighted by Gasteiger charge is -2.11. The fourth-order valence-electron chi connectivity index (χ4n) is 1.30. The molecule has 0 aliphatic heterocycles. The Morgan fingerprint density at radius 3 is 2.87 bits per heavy atom. The summed E-state index contributed by atoms with van der Waals surface area (Å²) in [5, 5.41) is 2.96. The third-order valence-corrected chi connectivity index (χ3v) is 3.55. The van der Waals surface area contributed by atoms with E-state index in [4.69, 9.17) is 11.6 Å². The molecule has 0 bridgehead atoms. The molecule has 84 valence electrons. The summed E-state index contributed by atoms with van der Waals surface area (Å²) in [4.78, 5) is 13.9. The van der Waals surface area contributed by atoms with Crippen LogP contribution in [0.25, 0.3) is 0 Å². The Morgan fingerprint density at radius 1 is 1.60 bits per heavy atom. The zero-order chi connectivity index (χ0) is 11.3. The minimum atomic E-state index is 0.0780. The van der Waals surface area contributed by atoms with Gasteiger partial charge in [0.1, 0.15) is 0 Å². The van der Waals surface area contributed by atoms with Crippen molar-refractivity contribution in [2.45, 2.75) is 32.7 Å². The first-order valence-corrected chi connectivity index (χ1v) is 6.40. The van der Waals surface area contributed by atoms with E-state index in [9.17, 15) is 4.79 Å². The molecular formula is C11H16ClNOS. The van der Waals surface area contributed by atoms with Gasteiger partial charge in [0, 0.05) is 22.1 Å². The Labute approximate surface area is 99.6 Å². The molecule has 0 aliphatic carbocycles. The monoisotopic (exact) mass is 245 g/mol. The smallest absolute Gasteiger partial charge is 0.220 e. The molecule has 2 nitrogen and oxygen atoms in total. The quantitative estimate of drug-likeness (QED) is 0.793.